The van der Waals surface area contributed by atoms with E-state index in [4.69, 9.17) is 0 Å². The minimum atomic E-state index is -0.530. The Balaban J connectivity index is 2.89. The van der Waals surface area contributed by atoms with Gasteiger partial charge in [0.15, 0.2) is 0 Å². The molecule has 0 fully saturated rings. The zero-order valence-corrected chi connectivity index (χ0v) is 10.3. The number of methoxy groups -OCH3 is 1. The highest BCUT2D eigenvalue weighted by atomic mass is 16.5. The molecule has 0 aliphatic heterocycles. The number of carbonyl (C=O) groups excluding carboxylic acids is 2. The molecule has 4 nitrogen and oxygen atoms in total. The Kier molecular flexibility index (Phi) is 4.69. The summed E-state index contributed by atoms with van der Waals surface area (Å²) in [6.07, 6.45) is -0.267. The second-order valence-electron chi connectivity index (χ2n) is 4.01. The lowest BCUT2D eigenvalue weighted by Crippen LogP contribution is -2.29. The van der Waals surface area contributed by atoms with Crippen LogP contribution in [0, 0.1) is 6.92 Å². The van der Waals surface area contributed by atoms with E-state index in [0.29, 0.717) is 0 Å². The Labute approximate surface area is 101 Å². The minimum Gasteiger partial charge on any atom is -0.453 e. The first-order valence-electron chi connectivity index (χ1n) is 5.43. The van der Waals surface area contributed by atoms with E-state index in [9.17, 15) is 9.59 Å². The average Bonchev–Trinajstić information content (AvgIpc) is 2.27. The fourth-order valence-corrected chi connectivity index (χ4v) is 1.63. The predicted molar refractivity (Wildman–Crippen MR) is 64.8 cm³/mol. The summed E-state index contributed by atoms with van der Waals surface area (Å²) < 4.78 is 4.55. The van der Waals surface area contributed by atoms with E-state index >= 15 is 0 Å². The molecule has 0 bridgehead atoms. The van der Waals surface area contributed by atoms with Crippen LogP contribution in [0.15, 0.2) is 24.3 Å². The van der Waals surface area contributed by atoms with Gasteiger partial charge in [-0.05, 0) is 19.4 Å². The molecule has 0 spiro atoms. The number of aryl methyl sites for hydroxylation is 1. The summed E-state index contributed by atoms with van der Waals surface area (Å²) in [6, 6.07) is 7.36. The van der Waals surface area contributed by atoms with Gasteiger partial charge in [0.25, 0.3) is 0 Å². The number of hydrogen-bond acceptors (Lipinski definition) is 3. The molecule has 0 saturated carbocycles. The zero-order chi connectivity index (χ0) is 12.8. The number of hydrogen-bond donors (Lipinski definition) is 1. The number of rotatable bonds is 4. The van der Waals surface area contributed by atoms with Gasteiger partial charge in [-0.1, -0.05) is 29.8 Å². The van der Waals surface area contributed by atoms with Crippen molar-refractivity contribution in [3.8, 4) is 0 Å². The monoisotopic (exact) mass is 235 g/mol. The van der Waals surface area contributed by atoms with Gasteiger partial charge < -0.3 is 10.1 Å². The van der Waals surface area contributed by atoms with Crippen molar-refractivity contribution >= 4 is 11.9 Å². The number of nitrogens with one attached hydrogen (secondary N) is 1. The predicted octanol–water partition coefficient (Wildman–Crippen LogP) is 2.37. The first kappa shape index (κ1) is 13.2. The van der Waals surface area contributed by atoms with Crippen LogP contribution in [-0.2, 0) is 9.53 Å². The highest BCUT2D eigenvalue weighted by molar-refractivity contribution is 5.77. The maximum Gasteiger partial charge on any atom is 0.407 e. The molecule has 0 aromatic heterocycles. The summed E-state index contributed by atoms with van der Waals surface area (Å²) >= 11 is 0. The van der Waals surface area contributed by atoms with Crippen LogP contribution in [0.1, 0.15) is 30.5 Å². The first-order chi connectivity index (χ1) is 8.02. The van der Waals surface area contributed by atoms with Crippen molar-refractivity contribution in [2.75, 3.05) is 7.11 Å². The summed E-state index contributed by atoms with van der Waals surface area (Å²) in [5, 5.41) is 2.66. The molecule has 1 aromatic carbocycles. The highest BCUT2D eigenvalue weighted by Crippen LogP contribution is 2.18. The lowest BCUT2D eigenvalue weighted by atomic mass is 10.0. The smallest absolute Gasteiger partial charge is 0.407 e. The van der Waals surface area contributed by atoms with Gasteiger partial charge in [-0.2, -0.15) is 0 Å². The highest BCUT2D eigenvalue weighted by Gasteiger charge is 2.16. The summed E-state index contributed by atoms with van der Waals surface area (Å²) in [6.45, 7) is 3.47. The van der Waals surface area contributed by atoms with Crippen molar-refractivity contribution in [3.63, 3.8) is 0 Å². The molecule has 1 unspecified atom stereocenters. The van der Waals surface area contributed by atoms with Gasteiger partial charge in [0.2, 0.25) is 0 Å². The van der Waals surface area contributed by atoms with Gasteiger partial charge in [-0.25, -0.2) is 4.79 Å². The van der Waals surface area contributed by atoms with Gasteiger partial charge in [0, 0.05) is 6.42 Å². The van der Waals surface area contributed by atoms with Crippen molar-refractivity contribution in [1.82, 2.24) is 5.32 Å². The number of ether oxygens (including phenoxy) is 1. The normalized spacial score (nSPS) is 11.7. The van der Waals surface area contributed by atoms with E-state index in [2.05, 4.69) is 10.1 Å². The Hall–Kier alpha value is -1.84. The Morgan fingerprint density at radius 1 is 1.41 bits per heavy atom. The molecule has 1 atom stereocenters. The van der Waals surface area contributed by atoms with E-state index in [-0.39, 0.29) is 18.2 Å². The zero-order valence-electron chi connectivity index (χ0n) is 10.3. The number of alkyl carbamates (subject to hydrolysis) is 1. The van der Waals surface area contributed by atoms with Crippen LogP contribution < -0.4 is 5.32 Å². The molecule has 1 amide bonds. The molecule has 1 N–H and O–H groups in total. The van der Waals surface area contributed by atoms with Crippen LogP contribution >= 0.6 is 0 Å². The van der Waals surface area contributed by atoms with Gasteiger partial charge >= 0.3 is 6.09 Å². The Morgan fingerprint density at radius 2 is 2.12 bits per heavy atom. The van der Waals surface area contributed by atoms with Crippen LogP contribution in [0.5, 0.6) is 0 Å². The molecular weight excluding hydrogens is 218 g/mol. The van der Waals surface area contributed by atoms with Crippen molar-refractivity contribution in [2.24, 2.45) is 0 Å². The summed E-state index contributed by atoms with van der Waals surface area (Å²) in [5.41, 5.74) is 1.99. The lowest BCUT2D eigenvalue weighted by Gasteiger charge is -2.17. The van der Waals surface area contributed by atoms with E-state index in [0.717, 1.165) is 11.1 Å². The molecule has 4 heteroatoms. The van der Waals surface area contributed by atoms with E-state index < -0.39 is 6.09 Å². The van der Waals surface area contributed by atoms with Crippen molar-refractivity contribution in [2.45, 2.75) is 26.3 Å². The average molecular weight is 235 g/mol. The third-order valence-electron chi connectivity index (χ3n) is 2.41. The van der Waals surface area contributed by atoms with Crippen LogP contribution in [0.25, 0.3) is 0 Å². The van der Waals surface area contributed by atoms with Crippen LogP contribution in [0.4, 0.5) is 4.79 Å². The van der Waals surface area contributed by atoms with Gasteiger partial charge in [0.1, 0.15) is 5.78 Å². The second-order valence-corrected chi connectivity index (χ2v) is 4.01. The number of amides is 1. The molecule has 92 valence electrons. The number of ketones is 1. The van der Waals surface area contributed by atoms with E-state index in [1.807, 2.05) is 31.2 Å². The van der Waals surface area contributed by atoms with E-state index in [1.165, 1.54) is 14.0 Å². The quantitative estimate of drug-likeness (QED) is 0.871. The van der Waals surface area contributed by atoms with Crippen molar-refractivity contribution in [3.05, 3.63) is 35.4 Å². The minimum absolute atomic E-state index is 0.0212. The third kappa shape index (κ3) is 4.26. The molecule has 17 heavy (non-hydrogen) atoms. The van der Waals surface area contributed by atoms with Gasteiger partial charge in [0.05, 0.1) is 13.2 Å². The Morgan fingerprint density at radius 3 is 2.65 bits per heavy atom. The van der Waals surface area contributed by atoms with Crippen LogP contribution in [0.3, 0.4) is 0 Å². The van der Waals surface area contributed by atoms with Crippen LogP contribution in [-0.4, -0.2) is 19.0 Å². The molecule has 1 rings (SSSR count). The first-order valence-corrected chi connectivity index (χ1v) is 5.43. The molecule has 1 aromatic rings. The Bertz CT molecular complexity index is 415. The topological polar surface area (TPSA) is 55.4 Å². The number of Topliss-reactive ketones (excluding diaryl/α,β-unsaturated/α-hetero) is 1. The molecule has 0 radical (unpaired) electrons. The third-order valence-corrected chi connectivity index (χ3v) is 2.41. The van der Waals surface area contributed by atoms with E-state index in [1.54, 1.807) is 0 Å². The number of carbonyl (C=O) groups is 2. The molecule has 0 saturated heterocycles. The van der Waals surface area contributed by atoms with Crippen molar-refractivity contribution < 1.29 is 14.3 Å². The van der Waals surface area contributed by atoms with Crippen LogP contribution in [0.2, 0.25) is 0 Å². The summed E-state index contributed by atoms with van der Waals surface area (Å²) in [4.78, 5) is 22.4. The molecule has 0 aliphatic rings. The molecular formula is C13H17NO3. The largest absolute Gasteiger partial charge is 0.453 e. The summed E-state index contributed by atoms with van der Waals surface area (Å²) in [5.74, 6) is 0.0212. The van der Waals surface area contributed by atoms with Crippen molar-refractivity contribution in [1.29, 1.82) is 0 Å². The van der Waals surface area contributed by atoms with Gasteiger partial charge in [-0.3, -0.25) is 4.79 Å². The summed E-state index contributed by atoms with van der Waals surface area (Å²) in [7, 11) is 1.30. The standard InChI is InChI=1S/C13H17NO3/c1-9-5-4-6-11(7-9)12(8-10(2)15)14-13(16)17-3/h4-7,12H,8H2,1-3H3,(H,14,16). The fraction of sp³-hybridized carbons (Fsp3) is 0.385. The lowest BCUT2D eigenvalue weighted by molar-refractivity contribution is -0.117. The van der Waals surface area contributed by atoms with Gasteiger partial charge in [-0.15, -0.1) is 0 Å². The second kappa shape index (κ2) is 6.03. The maximum absolute atomic E-state index is 11.2. The SMILES string of the molecule is COC(=O)NC(CC(C)=O)c1cccc(C)c1. The molecule has 0 aliphatic carbocycles. The maximum atomic E-state index is 11.2. The fourth-order valence-electron chi connectivity index (χ4n) is 1.63. The molecule has 0 heterocycles. The number of benzene rings is 1.